The number of aryl methyl sites for hydroxylation is 1. The SMILES string of the molecule is COCCn1c(CBr)nnc1-c1ccc(C)c(Cl)c1. The fraction of sp³-hybridized carbons (Fsp3) is 0.385. The van der Waals surface area contributed by atoms with E-state index in [0.29, 0.717) is 18.5 Å². The minimum atomic E-state index is 0.616. The van der Waals surface area contributed by atoms with Crippen LogP contribution >= 0.6 is 27.5 Å². The molecule has 0 aliphatic carbocycles. The smallest absolute Gasteiger partial charge is 0.164 e. The van der Waals surface area contributed by atoms with Crippen LogP contribution in [-0.2, 0) is 16.6 Å². The number of benzene rings is 1. The molecule has 1 aromatic carbocycles. The first-order valence-corrected chi connectivity index (χ1v) is 7.40. The molecule has 0 saturated carbocycles. The summed E-state index contributed by atoms with van der Waals surface area (Å²) < 4.78 is 7.17. The second kappa shape index (κ2) is 6.50. The van der Waals surface area contributed by atoms with E-state index in [1.807, 2.05) is 29.7 Å². The van der Waals surface area contributed by atoms with Crippen molar-refractivity contribution in [3.63, 3.8) is 0 Å². The molecule has 6 heteroatoms. The van der Waals surface area contributed by atoms with Gasteiger partial charge in [-0.15, -0.1) is 10.2 Å². The standard InChI is InChI=1S/C13H15BrClN3O/c1-9-3-4-10(7-11(9)15)13-17-16-12(8-14)18(13)5-6-19-2/h3-4,7H,5-6,8H2,1-2H3. The Morgan fingerprint density at radius 2 is 2.16 bits per heavy atom. The molecule has 0 unspecified atom stereocenters. The summed E-state index contributed by atoms with van der Waals surface area (Å²) in [6.07, 6.45) is 0. The molecule has 0 radical (unpaired) electrons. The van der Waals surface area contributed by atoms with Crippen LogP contribution in [-0.4, -0.2) is 28.5 Å². The van der Waals surface area contributed by atoms with Gasteiger partial charge in [-0.3, -0.25) is 0 Å². The van der Waals surface area contributed by atoms with Crippen molar-refractivity contribution in [1.82, 2.24) is 14.8 Å². The average Bonchev–Trinajstić information content (AvgIpc) is 2.82. The van der Waals surface area contributed by atoms with Crippen molar-refractivity contribution < 1.29 is 4.74 Å². The van der Waals surface area contributed by atoms with Gasteiger partial charge in [0, 0.05) is 24.2 Å². The second-order valence-electron chi connectivity index (χ2n) is 4.18. The summed E-state index contributed by atoms with van der Waals surface area (Å²) in [4.78, 5) is 0. The number of hydrogen-bond acceptors (Lipinski definition) is 3. The molecule has 2 aromatic rings. The second-order valence-corrected chi connectivity index (χ2v) is 5.15. The van der Waals surface area contributed by atoms with Crippen LogP contribution < -0.4 is 0 Å². The molecule has 1 aromatic heterocycles. The summed E-state index contributed by atoms with van der Waals surface area (Å²) in [6, 6.07) is 5.91. The Hall–Kier alpha value is -0.910. The maximum absolute atomic E-state index is 6.17. The van der Waals surface area contributed by atoms with Gasteiger partial charge in [0.1, 0.15) is 5.82 Å². The molecule has 4 nitrogen and oxygen atoms in total. The lowest BCUT2D eigenvalue weighted by Crippen LogP contribution is -2.09. The Balaban J connectivity index is 2.42. The zero-order valence-electron chi connectivity index (χ0n) is 10.9. The van der Waals surface area contributed by atoms with Gasteiger partial charge >= 0.3 is 0 Å². The van der Waals surface area contributed by atoms with Crippen molar-refractivity contribution in [2.75, 3.05) is 13.7 Å². The molecule has 0 spiro atoms. The molecule has 1 heterocycles. The van der Waals surface area contributed by atoms with Crippen molar-refractivity contribution in [2.45, 2.75) is 18.8 Å². The van der Waals surface area contributed by atoms with E-state index >= 15 is 0 Å². The van der Waals surface area contributed by atoms with E-state index < -0.39 is 0 Å². The minimum absolute atomic E-state index is 0.616. The highest BCUT2D eigenvalue weighted by Gasteiger charge is 2.13. The number of alkyl halides is 1. The summed E-state index contributed by atoms with van der Waals surface area (Å²) in [7, 11) is 1.68. The lowest BCUT2D eigenvalue weighted by Gasteiger charge is -2.09. The Labute approximate surface area is 125 Å². The molecule has 0 bridgehead atoms. The maximum atomic E-state index is 6.17. The molecular weight excluding hydrogens is 330 g/mol. The molecule has 0 aliphatic rings. The Kier molecular flexibility index (Phi) is 4.96. The van der Waals surface area contributed by atoms with Gasteiger partial charge in [-0.05, 0) is 18.6 Å². The summed E-state index contributed by atoms with van der Waals surface area (Å²) in [6.45, 7) is 3.31. The van der Waals surface area contributed by atoms with Gasteiger partial charge in [0.25, 0.3) is 0 Å². The van der Waals surface area contributed by atoms with Crippen LogP contribution in [0, 0.1) is 6.92 Å². The van der Waals surface area contributed by atoms with Gasteiger partial charge in [0.15, 0.2) is 5.82 Å². The van der Waals surface area contributed by atoms with Gasteiger partial charge < -0.3 is 9.30 Å². The zero-order chi connectivity index (χ0) is 13.8. The lowest BCUT2D eigenvalue weighted by atomic mass is 10.1. The molecular formula is C13H15BrClN3O. The number of nitrogens with zero attached hydrogens (tertiary/aromatic N) is 3. The van der Waals surface area contributed by atoms with Crippen LogP contribution in [0.15, 0.2) is 18.2 Å². The lowest BCUT2D eigenvalue weighted by molar-refractivity contribution is 0.187. The molecule has 0 saturated heterocycles. The predicted octanol–water partition coefficient (Wildman–Crippen LogP) is 3.45. The molecule has 0 fully saturated rings. The minimum Gasteiger partial charge on any atom is -0.383 e. The normalized spacial score (nSPS) is 10.9. The molecule has 102 valence electrons. The highest BCUT2D eigenvalue weighted by molar-refractivity contribution is 9.08. The van der Waals surface area contributed by atoms with Crippen molar-refractivity contribution >= 4 is 27.5 Å². The maximum Gasteiger partial charge on any atom is 0.164 e. The number of methoxy groups -OCH3 is 1. The fourth-order valence-corrected chi connectivity index (χ4v) is 2.39. The van der Waals surface area contributed by atoms with Crippen molar-refractivity contribution in [1.29, 1.82) is 0 Å². The molecule has 0 N–H and O–H groups in total. The summed E-state index contributed by atoms with van der Waals surface area (Å²) in [5.74, 6) is 1.69. The number of aromatic nitrogens is 3. The number of ether oxygens (including phenoxy) is 1. The van der Waals surface area contributed by atoms with Crippen LogP contribution in [0.2, 0.25) is 5.02 Å². The third-order valence-electron chi connectivity index (χ3n) is 2.90. The van der Waals surface area contributed by atoms with Gasteiger partial charge in [-0.2, -0.15) is 0 Å². The Morgan fingerprint density at radius 3 is 2.79 bits per heavy atom. The Morgan fingerprint density at radius 1 is 1.37 bits per heavy atom. The van der Waals surface area contributed by atoms with Crippen molar-refractivity contribution in [3.8, 4) is 11.4 Å². The van der Waals surface area contributed by atoms with Crippen LogP contribution in [0.5, 0.6) is 0 Å². The first-order chi connectivity index (χ1) is 9.17. The van der Waals surface area contributed by atoms with E-state index in [0.717, 1.165) is 27.8 Å². The molecule has 2 rings (SSSR count). The topological polar surface area (TPSA) is 39.9 Å². The Bertz CT molecular complexity index is 571. The van der Waals surface area contributed by atoms with Gasteiger partial charge in [-0.1, -0.05) is 39.7 Å². The van der Waals surface area contributed by atoms with Crippen molar-refractivity contribution in [2.24, 2.45) is 0 Å². The summed E-state index contributed by atoms with van der Waals surface area (Å²) in [5, 5.41) is 9.82. The fourth-order valence-electron chi connectivity index (χ4n) is 1.80. The van der Waals surface area contributed by atoms with E-state index in [2.05, 4.69) is 26.1 Å². The number of halogens is 2. The van der Waals surface area contributed by atoms with Crippen LogP contribution in [0.1, 0.15) is 11.4 Å². The van der Waals surface area contributed by atoms with Gasteiger partial charge in [-0.25, -0.2) is 0 Å². The van der Waals surface area contributed by atoms with Crippen LogP contribution in [0.3, 0.4) is 0 Å². The monoisotopic (exact) mass is 343 g/mol. The summed E-state index contributed by atoms with van der Waals surface area (Å²) in [5.41, 5.74) is 2.01. The third-order valence-corrected chi connectivity index (χ3v) is 3.80. The van der Waals surface area contributed by atoms with E-state index in [4.69, 9.17) is 16.3 Å². The predicted molar refractivity (Wildman–Crippen MR) is 79.7 cm³/mol. The highest BCUT2D eigenvalue weighted by atomic mass is 79.9. The largest absolute Gasteiger partial charge is 0.383 e. The average molecular weight is 345 g/mol. The van der Waals surface area contributed by atoms with E-state index in [1.165, 1.54) is 0 Å². The molecule has 0 aliphatic heterocycles. The highest BCUT2D eigenvalue weighted by Crippen LogP contribution is 2.25. The third kappa shape index (κ3) is 3.16. The molecule has 19 heavy (non-hydrogen) atoms. The van der Waals surface area contributed by atoms with Gasteiger partial charge in [0.05, 0.1) is 11.9 Å². The first-order valence-electron chi connectivity index (χ1n) is 5.91. The number of rotatable bonds is 5. The summed E-state index contributed by atoms with van der Waals surface area (Å²) >= 11 is 9.59. The van der Waals surface area contributed by atoms with E-state index in [-0.39, 0.29) is 0 Å². The molecule has 0 amide bonds. The van der Waals surface area contributed by atoms with Gasteiger partial charge in [0.2, 0.25) is 0 Å². The molecule has 0 atom stereocenters. The van der Waals surface area contributed by atoms with E-state index in [9.17, 15) is 0 Å². The van der Waals surface area contributed by atoms with Crippen molar-refractivity contribution in [3.05, 3.63) is 34.6 Å². The first kappa shape index (κ1) is 14.5. The zero-order valence-corrected chi connectivity index (χ0v) is 13.2. The quantitative estimate of drug-likeness (QED) is 0.780. The number of hydrogen-bond donors (Lipinski definition) is 0. The van der Waals surface area contributed by atoms with Crippen LogP contribution in [0.25, 0.3) is 11.4 Å². The van der Waals surface area contributed by atoms with E-state index in [1.54, 1.807) is 7.11 Å². The van der Waals surface area contributed by atoms with Crippen LogP contribution in [0.4, 0.5) is 0 Å².